The lowest BCUT2D eigenvalue weighted by molar-refractivity contribution is 0.0502. The number of allylic oxidation sites excluding steroid dienone is 2. The number of carbonyl (C=O) groups excluding carboxylic acids is 1. The molecule has 0 saturated carbocycles. The molecule has 1 amide bonds. The van der Waals surface area contributed by atoms with Crippen LogP contribution >= 0.6 is 0 Å². The first-order chi connectivity index (χ1) is 15.9. The number of hydrogen-bond acceptors (Lipinski definition) is 4. The van der Waals surface area contributed by atoms with Crippen LogP contribution in [0.5, 0.6) is 0 Å². The molecule has 4 aromatic rings. The normalized spacial score (nSPS) is 14.3. The lowest BCUT2D eigenvalue weighted by atomic mass is 10.0. The summed E-state index contributed by atoms with van der Waals surface area (Å²) in [4.78, 5) is 30.8. The van der Waals surface area contributed by atoms with Crippen LogP contribution in [0.25, 0.3) is 22.0 Å². The number of aryl methyl sites for hydroxylation is 1. The predicted molar refractivity (Wildman–Crippen MR) is 129 cm³/mol. The van der Waals surface area contributed by atoms with Crippen molar-refractivity contribution in [3.63, 3.8) is 0 Å². The van der Waals surface area contributed by atoms with Gasteiger partial charge in [-0.15, -0.1) is 0 Å². The molecule has 5 rings (SSSR count). The molecule has 0 radical (unpaired) electrons. The molecule has 0 unspecified atom stereocenters. The van der Waals surface area contributed by atoms with E-state index in [-0.39, 0.29) is 17.5 Å². The minimum atomic E-state index is -0.0435. The summed E-state index contributed by atoms with van der Waals surface area (Å²) in [5.74, 6) is 0.484. The van der Waals surface area contributed by atoms with Crippen molar-refractivity contribution >= 4 is 22.6 Å². The summed E-state index contributed by atoms with van der Waals surface area (Å²) in [7, 11) is 0. The molecule has 3 aromatic heterocycles. The molecule has 8 nitrogen and oxygen atoms in total. The van der Waals surface area contributed by atoms with E-state index < -0.39 is 0 Å². The predicted octanol–water partition coefficient (Wildman–Crippen LogP) is 3.36. The van der Waals surface area contributed by atoms with Crippen LogP contribution in [0.2, 0.25) is 0 Å². The quantitative estimate of drug-likeness (QED) is 0.463. The number of benzene rings is 1. The Balaban J connectivity index is 1.40. The van der Waals surface area contributed by atoms with Gasteiger partial charge in [0.15, 0.2) is 0 Å². The zero-order valence-electron chi connectivity index (χ0n) is 18.7. The number of nitrogens with two attached hydrogens (primary N) is 1. The molecule has 1 aromatic carbocycles. The van der Waals surface area contributed by atoms with Crippen molar-refractivity contribution in [3.8, 4) is 11.1 Å². The van der Waals surface area contributed by atoms with Crippen LogP contribution in [0.15, 0.2) is 65.7 Å². The molecular weight excluding hydrogens is 416 g/mol. The first-order valence-electron chi connectivity index (χ1n) is 11.0. The highest BCUT2D eigenvalue weighted by atomic mass is 16.2. The summed E-state index contributed by atoms with van der Waals surface area (Å²) in [6.07, 6.45) is 7.62. The second-order valence-corrected chi connectivity index (χ2v) is 8.47. The molecule has 4 heterocycles. The fourth-order valence-corrected chi connectivity index (χ4v) is 4.30. The number of likely N-dealkylation sites (tertiary alicyclic amines) is 1. The molecule has 168 valence electrons. The van der Waals surface area contributed by atoms with Gasteiger partial charge in [-0.2, -0.15) is 5.10 Å². The van der Waals surface area contributed by atoms with Crippen molar-refractivity contribution in [3.05, 3.63) is 82.6 Å². The van der Waals surface area contributed by atoms with E-state index >= 15 is 0 Å². The van der Waals surface area contributed by atoms with E-state index in [1.54, 1.807) is 10.6 Å². The van der Waals surface area contributed by atoms with Crippen molar-refractivity contribution in [1.29, 1.82) is 0 Å². The molecule has 1 aliphatic heterocycles. The maximum Gasteiger partial charge on any atom is 0.275 e. The minimum absolute atomic E-state index is 0.00128. The molecule has 0 aliphatic carbocycles. The SMILES string of the molecule is C/C=C/Cn1cc(-c2ccc(C(=O)N3CC(n4ccc(N)n4)C3)cc2)c2cc(C)[nH]c2c1=O. The van der Waals surface area contributed by atoms with Crippen LogP contribution in [0.1, 0.15) is 29.0 Å². The van der Waals surface area contributed by atoms with Crippen molar-refractivity contribution in [1.82, 2.24) is 24.2 Å². The molecule has 33 heavy (non-hydrogen) atoms. The number of fused-ring (bicyclic) bond motifs is 1. The lowest BCUT2D eigenvalue weighted by Gasteiger charge is -2.39. The Hall–Kier alpha value is -4.07. The average molecular weight is 443 g/mol. The van der Waals surface area contributed by atoms with E-state index in [0.717, 1.165) is 22.2 Å². The van der Waals surface area contributed by atoms with Gasteiger partial charge in [0.2, 0.25) is 0 Å². The topological polar surface area (TPSA) is 102 Å². The average Bonchev–Trinajstić information content (AvgIpc) is 3.38. The highest BCUT2D eigenvalue weighted by Gasteiger charge is 2.32. The van der Waals surface area contributed by atoms with Crippen LogP contribution in [0, 0.1) is 6.92 Å². The summed E-state index contributed by atoms with van der Waals surface area (Å²) in [5, 5.41) is 5.11. The van der Waals surface area contributed by atoms with Crippen LogP contribution < -0.4 is 11.3 Å². The maximum atomic E-state index is 12.9. The Morgan fingerprint density at radius 3 is 2.67 bits per heavy atom. The van der Waals surface area contributed by atoms with Gasteiger partial charge in [0, 0.05) is 54.2 Å². The molecule has 0 bridgehead atoms. The smallest absolute Gasteiger partial charge is 0.275 e. The molecule has 1 fully saturated rings. The van der Waals surface area contributed by atoms with Gasteiger partial charge in [0.05, 0.1) is 6.04 Å². The van der Waals surface area contributed by atoms with Crippen molar-refractivity contribution in [2.75, 3.05) is 18.8 Å². The van der Waals surface area contributed by atoms with Gasteiger partial charge < -0.3 is 20.2 Å². The number of nitrogens with one attached hydrogen (secondary N) is 1. The second-order valence-electron chi connectivity index (χ2n) is 8.47. The summed E-state index contributed by atoms with van der Waals surface area (Å²) in [6.45, 7) is 5.61. The Morgan fingerprint density at radius 2 is 2.00 bits per heavy atom. The monoisotopic (exact) mass is 442 g/mol. The number of nitrogens with zero attached hydrogens (tertiary/aromatic N) is 4. The Bertz CT molecular complexity index is 1420. The molecule has 3 N–H and O–H groups in total. The molecule has 8 heteroatoms. The Labute approximate surface area is 190 Å². The van der Waals surface area contributed by atoms with Gasteiger partial charge >= 0.3 is 0 Å². The fraction of sp³-hybridized carbons (Fsp3) is 0.240. The summed E-state index contributed by atoms with van der Waals surface area (Å²) in [5.41, 5.74) is 9.73. The van der Waals surface area contributed by atoms with Gasteiger partial charge in [0.1, 0.15) is 11.3 Å². The van der Waals surface area contributed by atoms with E-state index in [9.17, 15) is 9.59 Å². The minimum Gasteiger partial charge on any atom is -0.382 e. The first kappa shape index (κ1) is 20.8. The van der Waals surface area contributed by atoms with Gasteiger partial charge in [-0.25, -0.2) is 0 Å². The number of H-pyrrole nitrogens is 1. The molecule has 0 atom stereocenters. The third-order valence-corrected chi connectivity index (χ3v) is 6.14. The summed E-state index contributed by atoms with van der Waals surface area (Å²) < 4.78 is 3.52. The molecule has 1 aliphatic rings. The highest BCUT2D eigenvalue weighted by Crippen LogP contribution is 2.29. The first-order valence-corrected chi connectivity index (χ1v) is 11.0. The van der Waals surface area contributed by atoms with Crippen LogP contribution in [-0.2, 0) is 6.54 Å². The van der Waals surface area contributed by atoms with Crippen LogP contribution in [0.3, 0.4) is 0 Å². The second kappa shape index (κ2) is 8.12. The van der Waals surface area contributed by atoms with Crippen molar-refractivity contribution in [2.45, 2.75) is 26.4 Å². The van der Waals surface area contributed by atoms with Crippen LogP contribution in [0.4, 0.5) is 5.82 Å². The highest BCUT2D eigenvalue weighted by molar-refractivity contribution is 5.97. The number of aromatic amines is 1. The lowest BCUT2D eigenvalue weighted by Crippen LogP contribution is -2.50. The molecule has 1 saturated heterocycles. The third-order valence-electron chi connectivity index (χ3n) is 6.14. The van der Waals surface area contributed by atoms with Gasteiger partial charge in [-0.3, -0.25) is 14.3 Å². The van der Waals surface area contributed by atoms with Gasteiger partial charge in [0.25, 0.3) is 11.5 Å². The number of hydrogen-bond donors (Lipinski definition) is 2. The Morgan fingerprint density at radius 1 is 1.24 bits per heavy atom. The molecule has 0 spiro atoms. The fourth-order valence-electron chi connectivity index (χ4n) is 4.30. The summed E-state index contributed by atoms with van der Waals surface area (Å²) >= 11 is 0. The van der Waals surface area contributed by atoms with Crippen molar-refractivity contribution < 1.29 is 4.79 Å². The van der Waals surface area contributed by atoms with Gasteiger partial charge in [-0.05, 0) is 43.7 Å². The Kier molecular flexibility index (Phi) is 5.12. The van der Waals surface area contributed by atoms with E-state index in [0.29, 0.717) is 36.5 Å². The summed E-state index contributed by atoms with van der Waals surface area (Å²) in [6, 6.07) is 11.5. The number of aromatic nitrogens is 4. The zero-order chi connectivity index (χ0) is 23.1. The third kappa shape index (κ3) is 3.73. The number of carbonyl (C=O) groups is 1. The van der Waals surface area contributed by atoms with E-state index in [4.69, 9.17) is 5.73 Å². The largest absolute Gasteiger partial charge is 0.382 e. The standard InChI is InChI=1S/C25H26N6O2/c1-3-4-10-29-15-21(20-12-16(2)27-23(20)25(29)33)17-5-7-18(8-6-17)24(32)30-13-19(14-30)31-11-9-22(26)28-31/h3-9,11-12,15,19,27H,10,13-14H2,1-2H3,(H2,26,28)/b4-3+. The van der Waals surface area contributed by atoms with E-state index in [2.05, 4.69) is 10.1 Å². The van der Waals surface area contributed by atoms with Gasteiger partial charge in [-0.1, -0.05) is 24.3 Å². The number of pyridine rings is 1. The van der Waals surface area contributed by atoms with Crippen LogP contribution in [-0.4, -0.2) is 43.2 Å². The maximum absolute atomic E-state index is 12.9. The molecular formula is C25H26N6O2. The number of rotatable bonds is 5. The number of anilines is 1. The van der Waals surface area contributed by atoms with E-state index in [1.165, 1.54) is 0 Å². The van der Waals surface area contributed by atoms with E-state index in [1.807, 2.05) is 78.3 Å². The van der Waals surface area contributed by atoms with Crippen molar-refractivity contribution in [2.24, 2.45) is 0 Å². The zero-order valence-corrected chi connectivity index (χ0v) is 18.7. The number of amides is 1. The number of nitrogen functional groups attached to an aromatic ring is 1.